The SMILES string of the molecule is CCCCCc1ccc(C(=O)CCC(=O)N(C)C2CCNCC2)cc1. The highest BCUT2D eigenvalue weighted by Gasteiger charge is 2.22. The summed E-state index contributed by atoms with van der Waals surface area (Å²) in [5.74, 6) is 0.142. The number of carbonyl (C=O) groups is 2. The van der Waals surface area contributed by atoms with Gasteiger partial charge in [0.15, 0.2) is 5.78 Å². The molecule has 0 spiro atoms. The van der Waals surface area contributed by atoms with E-state index in [1.165, 1.54) is 24.8 Å². The lowest BCUT2D eigenvalue weighted by molar-refractivity contribution is -0.132. The van der Waals surface area contributed by atoms with Crippen molar-refractivity contribution >= 4 is 11.7 Å². The Morgan fingerprint density at radius 3 is 2.40 bits per heavy atom. The van der Waals surface area contributed by atoms with E-state index < -0.39 is 0 Å². The number of ketones is 1. The second kappa shape index (κ2) is 10.3. The minimum absolute atomic E-state index is 0.0622. The van der Waals surface area contributed by atoms with E-state index in [9.17, 15) is 9.59 Å². The molecule has 1 aromatic carbocycles. The van der Waals surface area contributed by atoms with Crippen molar-refractivity contribution in [2.24, 2.45) is 0 Å². The summed E-state index contributed by atoms with van der Waals surface area (Å²) in [5.41, 5.74) is 2.00. The lowest BCUT2D eigenvalue weighted by Crippen LogP contribution is -2.44. The Bertz CT molecular complexity index is 548. The second-order valence-electron chi connectivity index (χ2n) is 7.06. The molecule has 0 bridgehead atoms. The molecule has 1 N–H and O–H groups in total. The van der Waals surface area contributed by atoms with E-state index in [2.05, 4.69) is 12.2 Å². The molecule has 0 radical (unpaired) electrons. The number of nitrogens with one attached hydrogen (secondary N) is 1. The van der Waals surface area contributed by atoms with E-state index in [1.807, 2.05) is 36.2 Å². The number of aryl methyl sites for hydroxylation is 1. The van der Waals surface area contributed by atoms with Gasteiger partial charge in [0.1, 0.15) is 0 Å². The Kier molecular flexibility index (Phi) is 8.13. The van der Waals surface area contributed by atoms with Crippen LogP contribution in [0.2, 0.25) is 0 Å². The number of piperidine rings is 1. The number of hydrogen-bond acceptors (Lipinski definition) is 3. The monoisotopic (exact) mass is 344 g/mol. The number of nitrogens with zero attached hydrogens (tertiary/aromatic N) is 1. The van der Waals surface area contributed by atoms with Gasteiger partial charge in [-0.15, -0.1) is 0 Å². The molecular weight excluding hydrogens is 312 g/mol. The Morgan fingerprint density at radius 1 is 1.08 bits per heavy atom. The van der Waals surface area contributed by atoms with Gasteiger partial charge >= 0.3 is 0 Å². The van der Waals surface area contributed by atoms with E-state index in [-0.39, 0.29) is 11.7 Å². The van der Waals surface area contributed by atoms with Gasteiger partial charge in [-0.2, -0.15) is 0 Å². The summed E-state index contributed by atoms with van der Waals surface area (Å²) in [4.78, 5) is 26.5. The molecule has 138 valence electrons. The van der Waals surface area contributed by atoms with E-state index in [1.54, 1.807) is 0 Å². The highest BCUT2D eigenvalue weighted by molar-refractivity contribution is 5.98. The number of hydrogen-bond donors (Lipinski definition) is 1. The number of rotatable bonds is 9. The van der Waals surface area contributed by atoms with Gasteiger partial charge in [0.2, 0.25) is 5.91 Å². The zero-order chi connectivity index (χ0) is 18.1. The van der Waals surface area contributed by atoms with Gasteiger partial charge in [0, 0.05) is 31.5 Å². The minimum atomic E-state index is 0.0622. The van der Waals surface area contributed by atoms with Gasteiger partial charge in [-0.1, -0.05) is 44.0 Å². The largest absolute Gasteiger partial charge is 0.343 e. The van der Waals surface area contributed by atoms with Crippen molar-refractivity contribution in [3.63, 3.8) is 0 Å². The first-order chi connectivity index (χ1) is 12.1. The Morgan fingerprint density at radius 2 is 1.76 bits per heavy atom. The van der Waals surface area contributed by atoms with Crippen molar-refractivity contribution in [2.75, 3.05) is 20.1 Å². The molecule has 0 saturated carbocycles. The number of unbranched alkanes of at least 4 members (excludes halogenated alkanes) is 2. The van der Waals surface area contributed by atoms with E-state index in [4.69, 9.17) is 0 Å². The first-order valence-corrected chi connectivity index (χ1v) is 9.70. The predicted octanol–water partition coefficient (Wildman–Crippen LogP) is 3.59. The molecule has 4 heteroatoms. The topological polar surface area (TPSA) is 49.4 Å². The highest BCUT2D eigenvalue weighted by Crippen LogP contribution is 2.14. The maximum atomic E-state index is 12.3. The van der Waals surface area contributed by atoms with Crippen molar-refractivity contribution in [3.8, 4) is 0 Å². The third-order valence-electron chi connectivity index (χ3n) is 5.16. The molecule has 1 heterocycles. The number of amides is 1. The van der Waals surface area contributed by atoms with Crippen molar-refractivity contribution in [3.05, 3.63) is 35.4 Å². The summed E-state index contributed by atoms with van der Waals surface area (Å²) in [7, 11) is 1.87. The van der Waals surface area contributed by atoms with Crippen LogP contribution in [0.3, 0.4) is 0 Å². The van der Waals surface area contributed by atoms with Crippen LogP contribution in [-0.4, -0.2) is 42.8 Å². The molecule has 0 unspecified atom stereocenters. The van der Waals surface area contributed by atoms with E-state index >= 15 is 0 Å². The fourth-order valence-corrected chi connectivity index (χ4v) is 3.38. The summed E-state index contributed by atoms with van der Waals surface area (Å²) in [6.45, 7) is 4.13. The van der Waals surface area contributed by atoms with Crippen LogP contribution in [0.4, 0.5) is 0 Å². The van der Waals surface area contributed by atoms with Crippen LogP contribution in [0, 0.1) is 0 Å². The molecule has 1 saturated heterocycles. The van der Waals surface area contributed by atoms with Crippen molar-refractivity contribution in [2.45, 2.75) is 64.3 Å². The molecule has 25 heavy (non-hydrogen) atoms. The Balaban J connectivity index is 1.77. The van der Waals surface area contributed by atoms with Crippen molar-refractivity contribution in [1.82, 2.24) is 10.2 Å². The maximum Gasteiger partial charge on any atom is 0.223 e. The summed E-state index contributed by atoms with van der Waals surface area (Å²) >= 11 is 0. The zero-order valence-electron chi connectivity index (χ0n) is 15.7. The maximum absolute atomic E-state index is 12.3. The molecule has 0 atom stereocenters. The molecular formula is C21H32N2O2. The normalized spacial score (nSPS) is 15.1. The molecule has 0 aliphatic carbocycles. The molecule has 1 fully saturated rings. The predicted molar refractivity (Wildman–Crippen MR) is 102 cm³/mol. The van der Waals surface area contributed by atoms with Crippen LogP contribution in [-0.2, 0) is 11.2 Å². The summed E-state index contributed by atoms with van der Waals surface area (Å²) < 4.78 is 0. The number of carbonyl (C=O) groups excluding carboxylic acids is 2. The van der Waals surface area contributed by atoms with Gasteiger partial charge in [0.25, 0.3) is 0 Å². The van der Waals surface area contributed by atoms with Crippen LogP contribution in [0.25, 0.3) is 0 Å². The average molecular weight is 344 g/mol. The Labute approximate surface area is 152 Å². The van der Waals surface area contributed by atoms with Crippen LogP contribution in [0.1, 0.15) is 67.8 Å². The van der Waals surface area contributed by atoms with Crippen LogP contribution in [0.5, 0.6) is 0 Å². The molecule has 2 rings (SSSR count). The second-order valence-corrected chi connectivity index (χ2v) is 7.06. The van der Waals surface area contributed by atoms with E-state index in [0.29, 0.717) is 18.9 Å². The fraction of sp³-hybridized carbons (Fsp3) is 0.619. The van der Waals surface area contributed by atoms with Gasteiger partial charge in [0.05, 0.1) is 0 Å². The standard InChI is InChI=1S/C21H32N2O2/c1-3-4-5-6-17-7-9-18(10-8-17)20(24)11-12-21(25)23(2)19-13-15-22-16-14-19/h7-10,19,22H,3-6,11-16H2,1-2H3. The van der Waals surface area contributed by atoms with Crippen LogP contribution in [0.15, 0.2) is 24.3 Å². The smallest absolute Gasteiger partial charge is 0.223 e. The van der Waals surface area contributed by atoms with Crippen molar-refractivity contribution in [1.29, 1.82) is 0 Å². The molecule has 1 aliphatic heterocycles. The van der Waals surface area contributed by atoms with Gasteiger partial charge in [-0.3, -0.25) is 9.59 Å². The summed E-state index contributed by atoms with van der Waals surface area (Å²) in [6.07, 6.45) is 7.32. The third-order valence-corrected chi connectivity index (χ3v) is 5.16. The zero-order valence-corrected chi connectivity index (χ0v) is 15.7. The van der Waals surface area contributed by atoms with Crippen molar-refractivity contribution < 1.29 is 9.59 Å². The first-order valence-electron chi connectivity index (χ1n) is 9.70. The number of benzene rings is 1. The Hall–Kier alpha value is -1.68. The third kappa shape index (κ3) is 6.28. The molecule has 1 aromatic rings. The summed E-state index contributed by atoms with van der Waals surface area (Å²) in [6, 6.07) is 8.22. The lowest BCUT2D eigenvalue weighted by Gasteiger charge is -2.31. The first kappa shape index (κ1) is 19.6. The highest BCUT2D eigenvalue weighted by atomic mass is 16.2. The molecule has 4 nitrogen and oxygen atoms in total. The van der Waals surface area contributed by atoms with Gasteiger partial charge in [-0.05, 0) is 44.3 Å². The van der Waals surface area contributed by atoms with Crippen LogP contribution >= 0.6 is 0 Å². The van der Waals surface area contributed by atoms with Gasteiger partial charge < -0.3 is 10.2 Å². The summed E-state index contributed by atoms with van der Waals surface area (Å²) in [5, 5.41) is 3.31. The molecule has 1 aliphatic rings. The quantitative estimate of drug-likeness (QED) is 0.550. The molecule has 1 amide bonds. The lowest BCUT2D eigenvalue weighted by atomic mass is 10.0. The molecule has 0 aromatic heterocycles. The van der Waals surface area contributed by atoms with Crippen LogP contribution < -0.4 is 5.32 Å². The fourth-order valence-electron chi connectivity index (χ4n) is 3.38. The minimum Gasteiger partial charge on any atom is -0.343 e. The average Bonchev–Trinajstić information content (AvgIpc) is 2.66. The van der Waals surface area contributed by atoms with E-state index in [0.717, 1.165) is 37.9 Å². The number of Topliss-reactive ketones (excluding diaryl/α,β-unsaturated/α-hetero) is 1. The van der Waals surface area contributed by atoms with Gasteiger partial charge in [-0.25, -0.2) is 0 Å².